The summed E-state index contributed by atoms with van der Waals surface area (Å²) < 4.78 is 6.91. The summed E-state index contributed by atoms with van der Waals surface area (Å²) in [7, 11) is 0. The third kappa shape index (κ3) is 3.60. The summed E-state index contributed by atoms with van der Waals surface area (Å²) in [5.41, 5.74) is 2.12. The van der Waals surface area contributed by atoms with Crippen LogP contribution in [0.3, 0.4) is 0 Å². The lowest BCUT2D eigenvalue weighted by Gasteiger charge is -2.34. The van der Waals surface area contributed by atoms with Crippen LogP contribution >= 0.6 is 11.3 Å². The molecule has 0 aliphatic carbocycles. The van der Waals surface area contributed by atoms with Crippen LogP contribution in [0.15, 0.2) is 42.6 Å². The maximum Gasteiger partial charge on any atom is 0.186 e. The van der Waals surface area contributed by atoms with E-state index in [1.807, 2.05) is 31.3 Å². The number of benzene rings is 1. The molecule has 0 bridgehead atoms. The van der Waals surface area contributed by atoms with Gasteiger partial charge in [0.1, 0.15) is 11.3 Å². The van der Waals surface area contributed by atoms with Crippen molar-refractivity contribution in [1.29, 1.82) is 0 Å². The number of para-hydroxylation sites is 1. The molecule has 1 aliphatic heterocycles. The zero-order valence-corrected chi connectivity index (χ0v) is 15.2. The summed E-state index contributed by atoms with van der Waals surface area (Å²) in [6.07, 6.45) is 1.86. The molecule has 6 heteroatoms. The third-order valence-electron chi connectivity index (χ3n) is 4.43. The normalized spacial score (nSPS) is 15.6. The van der Waals surface area contributed by atoms with Crippen LogP contribution < -0.4 is 9.64 Å². The van der Waals surface area contributed by atoms with Gasteiger partial charge in [-0.05, 0) is 31.2 Å². The van der Waals surface area contributed by atoms with Gasteiger partial charge in [0.05, 0.1) is 17.0 Å². The van der Waals surface area contributed by atoms with E-state index in [9.17, 15) is 0 Å². The number of piperazine rings is 1. The highest BCUT2D eigenvalue weighted by Crippen LogP contribution is 2.34. The van der Waals surface area contributed by atoms with E-state index in [2.05, 4.69) is 33.0 Å². The summed E-state index contributed by atoms with van der Waals surface area (Å²) in [6.45, 7) is 7.65. The molecule has 0 amide bonds. The number of anilines is 1. The minimum atomic E-state index is 0.665. The highest BCUT2D eigenvalue weighted by Gasteiger charge is 2.21. The van der Waals surface area contributed by atoms with E-state index in [0.29, 0.717) is 6.61 Å². The van der Waals surface area contributed by atoms with E-state index < -0.39 is 0 Å². The fraction of sp³-hybridized carbons (Fsp3) is 0.368. The second-order valence-corrected chi connectivity index (χ2v) is 7.13. The van der Waals surface area contributed by atoms with Gasteiger partial charge < -0.3 is 9.64 Å². The number of thiazole rings is 1. The molecule has 5 nitrogen and oxygen atoms in total. The molecule has 1 saturated heterocycles. The van der Waals surface area contributed by atoms with E-state index in [1.54, 1.807) is 11.3 Å². The number of nitrogens with zero attached hydrogens (tertiary/aromatic N) is 4. The lowest BCUT2D eigenvalue weighted by molar-refractivity contribution is 0.247. The summed E-state index contributed by atoms with van der Waals surface area (Å²) in [6, 6.07) is 12.3. The predicted octanol–water partition coefficient (Wildman–Crippen LogP) is 3.41. The fourth-order valence-electron chi connectivity index (χ4n) is 3.14. The van der Waals surface area contributed by atoms with Gasteiger partial charge in [0.2, 0.25) is 0 Å². The van der Waals surface area contributed by atoms with Crippen molar-refractivity contribution < 1.29 is 4.74 Å². The third-order valence-corrected chi connectivity index (χ3v) is 5.51. The Morgan fingerprint density at radius 3 is 2.72 bits per heavy atom. The van der Waals surface area contributed by atoms with Crippen LogP contribution in [-0.4, -0.2) is 47.7 Å². The quantitative estimate of drug-likeness (QED) is 0.702. The van der Waals surface area contributed by atoms with Crippen LogP contribution in [0.1, 0.15) is 12.6 Å². The number of rotatable bonds is 5. The van der Waals surface area contributed by atoms with Gasteiger partial charge in [-0.3, -0.25) is 9.88 Å². The van der Waals surface area contributed by atoms with Crippen LogP contribution in [0.4, 0.5) is 5.13 Å². The van der Waals surface area contributed by atoms with Gasteiger partial charge in [-0.15, -0.1) is 0 Å². The van der Waals surface area contributed by atoms with Crippen molar-refractivity contribution in [1.82, 2.24) is 14.9 Å². The highest BCUT2D eigenvalue weighted by molar-refractivity contribution is 7.22. The molecule has 4 rings (SSSR count). The monoisotopic (exact) mass is 354 g/mol. The Hall–Kier alpha value is -2.18. The lowest BCUT2D eigenvalue weighted by Crippen LogP contribution is -2.46. The zero-order valence-electron chi connectivity index (χ0n) is 14.4. The summed E-state index contributed by atoms with van der Waals surface area (Å²) in [4.78, 5) is 14.1. The number of fused-ring (bicyclic) bond motifs is 1. The van der Waals surface area contributed by atoms with Crippen LogP contribution in [0, 0.1) is 0 Å². The molecular formula is C19H22N4OS. The van der Waals surface area contributed by atoms with Crippen molar-refractivity contribution in [3.05, 3.63) is 48.3 Å². The first kappa shape index (κ1) is 16.3. The van der Waals surface area contributed by atoms with Crippen molar-refractivity contribution in [3.8, 4) is 5.75 Å². The van der Waals surface area contributed by atoms with Crippen LogP contribution in [-0.2, 0) is 6.54 Å². The maximum atomic E-state index is 5.71. The molecule has 25 heavy (non-hydrogen) atoms. The molecule has 0 radical (unpaired) electrons. The Balaban J connectivity index is 1.44. The molecule has 1 aromatic carbocycles. The summed E-state index contributed by atoms with van der Waals surface area (Å²) in [5, 5.41) is 1.10. The average molecular weight is 354 g/mol. The first-order valence-corrected chi connectivity index (χ1v) is 9.54. The largest absolute Gasteiger partial charge is 0.492 e. The Labute approximate surface area is 151 Å². The molecule has 0 saturated carbocycles. The predicted molar refractivity (Wildman–Crippen MR) is 103 cm³/mol. The lowest BCUT2D eigenvalue weighted by atomic mass is 10.3. The second kappa shape index (κ2) is 7.37. The Morgan fingerprint density at radius 2 is 1.96 bits per heavy atom. The molecule has 0 atom stereocenters. The molecule has 130 valence electrons. The smallest absolute Gasteiger partial charge is 0.186 e. The van der Waals surface area contributed by atoms with E-state index in [1.165, 1.54) is 4.70 Å². The molecule has 0 spiro atoms. The van der Waals surface area contributed by atoms with E-state index in [-0.39, 0.29) is 0 Å². The molecule has 0 N–H and O–H groups in total. The Morgan fingerprint density at radius 1 is 1.08 bits per heavy atom. The summed E-state index contributed by atoms with van der Waals surface area (Å²) >= 11 is 1.75. The van der Waals surface area contributed by atoms with Gasteiger partial charge >= 0.3 is 0 Å². The number of aromatic nitrogens is 2. The van der Waals surface area contributed by atoms with Crippen molar-refractivity contribution in [2.45, 2.75) is 13.5 Å². The van der Waals surface area contributed by atoms with Crippen LogP contribution in [0.25, 0.3) is 10.2 Å². The summed E-state index contributed by atoms with van der Waals surface area (Å²) in [5.74, 6) is 0.885. The average Bonchev–Trinajstić information content (AvgIpc) is 3.09. The van der Waals surface area contributed by atoms with Gasteiger partial charge in [-0.2, -0.15) is 0 Å². The maximum absolute atomic E-state index is 5.71. The van der Waals surface area contributed by atoms with Gasteiger partial charge in [0.15, 0.2) is 5.13 Å². The van der Waals surface area contributed by atoms with E-state index >= 15 is 0 Å². The minimum Gasteiger partial charge on any atom is -0.492 e. The van der Waals surface area contributed by atoms with Gasteiger partial charge in [0, 0.05) is 38.9 Å². The van der Waals surface area contributed by atoms with E-state index in [4.69, 9.17) is 9.72 Å². The molecule has 3 aromatic rings. The Bertz CT molecular complexity index is 828. The molecular weight excluding hydrogens is 332 g/mol. The van der Waals surface area contributed by atoms with Crippen molar-refractivity contribution >= 4 is 26.7 Å². The number of hydrogen-bond acceptors (Lipinski definition) is 6. The Kier molecular flexibility index (Phi) is 4.81. The number of hydrogen-bond donors (Lipinski definition) is 0. The minimum absolute atomic E-state index is 0.665. The van der Waals surface area contributed by atoms with Gasteiger partial charge in [-0.25, -0.2) is 4.98 Å². The van der Waals surface area contributed by atoms with Gasteiger partial charge in [-0.1, -0.05) is 23.5 Å². The van der Waals surface area contributed by atoms with Crippen molar-refractivity contribution in [2.24, 2.45) is 0 Å². The first-order valence-electron chi connectivity index (χ1n) is 8.73. The van der Waals surface area contributed by atoms with Crippen LogP contribution in [0.5, 0.6) is 5.75 Å². The molecule has 2 aromatic heterocycles. The SMILES string of the molecule is CCOc1cccc2sc(N3CCN(Cc4ccccn4)CC3)nc12. The number of ether oxygens (including phenoxy) is 1. The number of pyridine rings is 1. The molecule has 0 unspecified atom stereocenters. The zero-order chi connectivity index (χ0) is 17.1. The van der Waals surface area contributed by atoms with E-state index in [0.717, 1.165) is 54.8 Å². The first-order chi connectivity index (χ1) is 12.3. The van der Waals surface area contributed by atoms with Crippen LogP contribution in [0.2, 0.25) is 0 Å². The standard InChI is InChI=1S/C19H22N4OS/c1-2-24-16-7-5-8-17-18(16)21-19(25-17)23-12-10-22(11-13-23)14-15-6-3-4-9-20-15/h3-9H,2,10-14H2,1H3. The molecule has 1 aliphatic rings. The topological polar surface area (TPSA) is 41.5 Å². The highest BCUT2D eigenvalue weighted by atomic mass is 32.1. The van der Waals surface area contributed by atoms with Crippen molar-refractivity contribution in [2.75, 3.05) is 37.7 Å². The van der Waals surface area contributed by atoms with Gasteiger partial charge in [0.25, 0.3) is 0 Å². The fourth-order valence-corrected chi connectivity index (χ4v) is 4.17. The molecule has 3 heterocycles. The second-order valence-electron chi connectivity index (χ2n) is 6.12. The van der Waals surface area contributed by atoms with Crippen molar-refractivity contribution in [3.63, 3.8) is 0 Å². The molecule has 1 fully saturated rings.